The number of nitrogens with zero attached hydrogens (tertiary/aromatic N) is 2. The van der Waals surface area contributed by atoms with E-state index in [4.69, 9.17) is 18.7 Å². The Morgan fingerprint density at radius 1 is 1.13 bits per heavy atom. The minimum absolute atomic E-state index is 0.0208. The number of hydrogen-bond donors (Lipinski definition) is 3. The molecule has 5 rings (SSSR count). The highest BCUT2D eigenvalue weighted by molar-refractivity contribution is 7.98. The number of hydrogen-bond acceptors (Lipinski definition) is 13. The van der Waals surface area contributed by atoms with Crippen LogP contribution in [0.5, 0.6) is 28.7 Å². The summed E-state index contributed by atoms with van der Waals surface area (Å²) in [4.78, 5) is 44.7. The summed E-state index contributed by atoms with van der Waals surface area (Å²) in [5.74, 6) is -0.489. The summed E-state index contributed by atoms with van der Waals surface area (Å²) in [7, 11) is 3.07. The molecule has 0 saturated heterocycles. The number of benzene rings is 2. The van der Waals surface area contributed by atoms with E-state index in [1.807, 2.05) is 6.26 Å². The van der Waals surface area contributed by atoms with E-state index in [0.717, 1.165) is 0 Å². The van der Waals surface area contributed by atoms with Crippen molar-refractivity contribution in [1.29, 1.82) is 0 Å². The van der Waals surface area contributed by atoms with Gasteiger partial charge in [0.25, 0.3) is 0 Å². The second-order valence-corrected chi connectivity index (χ2v) is 11.9. The topological polar surface area (TPSA) is 170 Å². The molecule has 0 bridgehead atoms. The number of phenols is 2. The van der Waals surface area contributed by atoms with E-state index in [9.17, 15) is 24.6 Å². The number of methoxy groups -OCH3 is 2. The third-order valence-corrected chi connectivity index (χ3v) is 8.79. The predicted octanol–water partition coefficient (Wildman–Crippen LogP) is 4.72. The molecule has 0 radical (unpaired) electrons. The van der Waals surface area contributed by atoms with Crippen LogP contribution in [0.1, 0.15) is 60.6 Å². The fourth-order valence-corrected chi connectivity index (χ4v) is 6.13. The number of ether oxygens (including phenoxy) is 3. The van der Waals surface area contributed by atoms with Gasteiger partial charge >= 0.3 is 0 Å². The van der Waals surface area contributed by atoms with Crippen molar-refractivity contribution in [2.24, 2.45) is 0 Å². The Labute approximate surface area is 263 Å². The average molecular weight is 636 g/mol. The SMILES string of the molecule is COc1ccc(-c2noc(C(CCSC)NC(C)=C3C(=O)C=C4Oc5c(C(C)=O)c(O)c(C)c(O)c5[C@@]4(C)C3=O)n2)cc1OC. The van der Waals surface area contributed by atoms with E-state index in [1.54, 1.807) is 36.9 Å². The van der Waals surface area contributed by atoms with E-state index in [1.165, 1.54) is 41.1 Å². The van der Waals surface area contributed by atoms with Crippen LogP contribution in [0.3, 0.4) is 0 Å². The molecule has 2 aromatic carbocycles. The van der Waals surface area contributed by atoms with Gasteiger partial charge in [-0.15, -0.1) is 0 Å². The van der Waals surface area contributed by atoms with Gasteiger partial charge in [-0.25, -0.2) is 0 Å². The lowest BCUT2D eigenvalue weighted by Gasteiger charge is -2.29. The number of aromatic hydroxyl groups is 2. The van der Waals surface area contributed by atoms with E-state index in [-0.39, 0.29) is 45.4 Å². The number of fused-ring (bicyclic) bond motifs is 3. The van der Waals surface area contributed by atoms with Gasteiger partial charge in [-0.2, -0.15) is 16.7 Å². The molecule has 236 valence electrons. The van der Waals surface area contributed by atoms with Crippen molar-refractivity contribution in [3.8, 4) is 40.1 Å². The summed E-state index contributed by atoms with van der Waals surface area (Å²) in [5.41, 5.74) is -1.02. The molecule has 13 heteroatoms. The standard InChI is InChI=1S/C32H33N3O9S/c1-14-26(38)24(16(3)36)28-25(27(14)39)32(4)22(43-28)13-19(37)23(29(32)40)15(2)33-18(10-11-45-7)31-34-30(35-44-31)17-8-9-20(41-5)21(12-17)42-6/h8-9,12-13,18,33,38-39H,10-11H2,1-7H3/t18?,32-/m0/s1. The fraction of sp³-hybridized carbons (Fsp3) is 0.344. The summed E-state index contributed by atoms with van der Waals surface area (Å²) in [6, 6.07) is 4.67. The third-order valence-electron chi connectivity index (χ3n) is 8.14. The van der Waals surface area contributed by atoms with Crippen LogP contribution in [-0.4, -0.2) is 63.9 Å². The molecule has 1 aliphatic heterocycles. The number of thioether (sulfide) groups is 1. The smallest absolute Gasteiger partial charge is 0.249 e. The number of aromatic nitrogens is 2. The summed E-state index contributed by atoms with van der Waals surface area (Å²) < 4.78 is 22.2. The Morgan fingerprint density at radius 2 is 1.84 bits per heavy atom. The van der Waals surface area contributed by atoms with Gasteiger partial charge in [0.1, 0.15) is 40.0 Å². The molecule has 45 heavy (non-hydrogen) atoms. The normalized spacial score (nSPS) is 18.9. The fourth-order valence-electron chi connectivity index (χ4n) is 5.66. The van der Waals surface area contributed by atoms with Crippen molar-refractivity contribution < 1.29 is 43.3 Å². The number of nitrogens with one attached hydrogen (secondary N) is 1. The molecule has 2 aliphatic rings. The Hall–Kier alpha value is -4.78. The molecule has 3 N–H and O–H groups in total. The first-order valence-electron chi connectivity index (χ1n) is 14.0. The van der Waals surface area contributed by atoms with E-state index in [2.05, 4.69) is 15.5 Å². The largest absolute Gasteiger partial charge is 0.507 e. The van der Waals surface area contributed by atoms with Gasteiger partial charge in [-0.05, 0) is 64.3 Å². The second-order valence-electron chi connectivity index (χ2n) is 10.9. The monoisotopic (exact) mass is 635 g/mol. The van der Waals surface area contributed by atoms with Gasteiger partial charge < -0.3 is 34.3 Å². The van der Waals surface area contributed by atoms with Crippen molar-refractivity contribution in [2.45, 2.75) is 45.6 Å². The van der Waals surface area contributed by atoms with Gasteiger partial charge in [0.2, 0.25) is 11.7 Å². The summed E-state index contributed by atoms with van der Waals surface area (Å²) in [6.45, 7) is 5.79. The Bertz CT molecular complexity index is 1810. The number of Topliss-reactive ketones (excluding diaryl/α,β-unsaturated/α-hetero) is 2. The van der Waals surface area contributed by atoms with Gasteiger partial charge in [0, 0.05) is 22.9 Å². The molecule has 12 nitrogen and oxygen atoms in total. The van der Waals surface area contributed by atoms with Crippen molar-refractivity contribution in [2.75, 3.05) is 26.2 Å². The van der Waals surface area contributed by atoms with Crippen LogP contribution in [0.15, 0.2) is 45.8 Å². The Balaban J connectivity index is 1.54. The molecule has 0 amide bonds. The Kier molecular flexibility index (Phi) is 8.41. The minimum Gasteiger partial charge on any atom is -0.507 e. The van der Waals surface area contributed by atoms with E-state index < -0.39 is 40.3 Å². The molecular formula is C32H33N3O9S. The number of carbonyl (C=O) groups excluding carboxylic acids is 3. The third kappa shape index (κ3) is 5.10. The van der Waals surface area contributed by atoms with Crippen molar-refractivity contribution in [3.63, 3.8) is 0 Å². The quantitative estimate of drug-likeness (QED) is 0.159. The van der Waals surface area contributed by atoms with Crippen molar-refractivity contribution in [1.82, 2.24) is 15.5 Å². The average Bonchev–Trinajstić information content (AvgIpc) is 3.61. The maximum atomic E-state index is 14.2. The highest BCUT2D eigenvalue weighted by atomic mass is 32.2. The molecule has 0 saturated carbocycles. The molecule has 0 fully saturated rings. The van der Waals surface area contributed by atoms with Crippen molar-refractivity contribution >= 4 is 29.1 Å². The van der Waals surface area contributed by atoms with Crippen LogP contribution in [0, 0.1) is 6.92 Å². The molecule has 3 aromatic rings. The first kappa shape index (κ1) is 31.6. The number of carbonyl (C=O) groups is 3. The van der Waals surface area contributed by atoms with E-state index in [0.29, 0.717) is 35.1 Å². The van der Waals surface area contributed by atoms with Crippen LogP contribution in [-0.2, 0) is 15.0 Å². The molecule has 1 unspecified atom stereocenters. The first-order chi connectivity index (χ1) is 21.4. The lowest BCUT2D eigenvalue weighted by molar-refractivity contribution is -0.123. The summed E-state index contributed by atoms with van der Waals surface area (Å²) >= 11 is 1.60. The zero-order valence-electron chi connectivity index (χ0n) is 25.9. The van der Waals surface area contributed by atoms with Gasteiger partial charge in [-0.1, -0.05) is 5.16 Å². The predicted molar refractivity (Wildman–Crippen MR) is 165 cm³/mol. The number of ketones is 3. The lowest BCUT2D eigenvalue weighted by Crippen LogP contribution is -2.41. The van der Waals surface area contributed by atoms with Crippen LogP contribution < -0.4 is 19.5 Å². The number of phenolic OH excluding ortho intramolecular Hbond substituents is 2. The summed E-state index contributed by atoms with van der Waals surface area (Å²) in [6.07, 6.45) is 3.65. The molecule has 1 aliphatic carbocycles. The highest BCUT2D eigenvalue weighted by Gasteiger charge is 2.56. The zero-order chi connectivity index (χ0) is 32.8. The minimum atomic E-state index is -1.63. The molecule has 0 spiro atoms. The lowest BCUT2D eigenvalue weighted by atomic mass is 9.70. The second kappa shape index (κ2) is 12.0. The zero-order valence-corrected chi connectivity index (χ0v) is 26.7. The van der Waals surface area contributed by atoms with Gasteiger partial charge in [-0.3, -0.25) is 14.4 Å². The van der Waals surface area contributed by atoms with Crippen molar-refractivity contribution in [3.05, 3.63) is 63.9 Å². The van der Waals surface area contributed by atoms with Crippen LogP contribution >= 0.6 is 11.8 Å². The first-order valence-corrected chi connectivity index (χ1v) is 15.4. The van der Waals surface area contributed by atoms with Gasteiger partial charge in [0.15, 0.2) is 28.8 Å². The maximum absolute atomic E-state index is 14.2. The Morgan fingerprint density at radius 3 is 2.49 bits per heavy atom. The van der Waals surface area contributed by atoms with E-state index >= 15 is 0 Å². The van der Waals surface area contributed by atoms with Crippen LogP contribution in [0.4, 0.5) is 0 Å². The van der Waals surface area contributed by atoms with Crippen LogP contribution in [0.25, 0.3) is 11.4 Å². The highest BCUT2D eigenvalue weighted by Crippen LogP contribution is 2.57. The molecule has 2 atom stereocenters. The van der Waals surface area contributed by atoms with Crippen LogP contribution in [0.2, 0.25) is 0 Å². The summed E-state index contributed by atoms with van der Waals surface area (Å²) in [5, 5.41) is 29.1. The molecule has 1 aromatic heterocycles. The molecular weight excluding hydrogens is 602 g/mol. The maximum Gasteiger partial charge on any atom is 0.249 e. The number of allylic oxidation sites excluding steroid dienone is 4. The van der Waals surface area contributed by atoms with Gasteiger partial charge in [0.05, 0.1) is 25.4 Å². The number of rotatable bonds is 10. The molecule has 2 heterocycles.